The molecule has 6 unspecified atom stereocenters. The van der Waals surface area contributed by atoms with Crippen molar-refractivity contribution < 1.29 is 14.8 Å². The molecule has 2 aliphatic carbocycles. The average Bonchev–Trinajstić information content (AvgIpc) is 2.78. The van der Waals surface area contributed by atoms with Gasteiger partial charge in [0.1, 0.15) is 0 Å². The van der Waals surface area contributed by atoms with Gasteiger partial charge in [-0.2, -0.15) is 0 Å². The molecule has 0 aromatic heterocycles. The van der Waals surface area contributed by atoms with Gasteiger partial charge in [0.05, 0.1) is 0 Å². The van der Waals surface area contributed by atoms with E-state index in [0.29, 0.717) is 24.2 Å². The van der Waals surface area contributed by atoms with Crippen LogP contribution in [0.4, 0.5) is 0 Å². The Bertz CT molecular complexity index is 555. The Balaban J connectivity index is 1.32. The molecular formula is C22H40BN3O3. The van der Waals surface area contributed by atoms with Gasteiger partial charge in [0, 0.05) is 19.0 Å². The van der Waals surface area contributed by atoms with Gasteiger partial charge in [0.15, 0.2) is 0 Å². The summed E-state index contributed by atoms with van der Waals surface area (Å²) in [5.74, 6) is 3.05. The fraction of sp³-hybridized carbons (Fsp3) is 0.955. The van der Waals surface area contributed by atoms with Crippen molar-refractivity contribution in [1.82, 2.24) is 10.2 Å². The lowest BCUT2D eigenvalue weighted by atomic mass is 9.53. The second kappa shape index (κ2) is 9.67. The zero-order chi connectivity index (χ0) is 20.4. The molecule has 2 heterocycles. The molecule has 164 valence electrons. The number of rotatable bonds is 4. The molecule has 2 saturated heterocycles. The third-order valence-electron chi connectivity index (χ3n) is 8.77. The fourth-order valence-electron chi connectivity index (χ4n) is 7.10. The van der Waals surface area contributed by atoms with E-state index in [1.54, 1.807) is 0 Å². The molecular weight excluding hydrogens is 365 g/mol. The van der Waals surface area contributed by atoms with Crippen LogP contribution in [0.3, 0.4) is 0 Å². The topological polar surface area (TPSA) is 98.8 Å². The molecule has 0 bridgehead atoms. The molecule has 2 aliphatic heterocycles. The van der Waals surface area contributed by atoms with Gasteiger partial charge in [0.25, 0.3) is 0 Å². The molecule has 29 heavy (non-hydrogen) atoms. The number of nitrogens with two attached hydrogens (primary N) is 1. The third-order valence-corrected chi connectivity index (χ3v) is 8.77. The number of piperidine rings is 2. The van der Waals surface area contributed by atoms with Gasteiger partial charge in [0.2, 0.25) is 5.91 Å². The Hall–Kier alpha value is -0.625. The summed E-state index contributed by atoms with van der Waals surface area (Å²) >= 11 is 0. The Morgan fingerprint density at radius 1 is 1.00 bits per heavy atom. The van der Waals surface area contributed by atoms with Crippen LogP contribution in [0.1, 0.15) is 57.8 Å². The number of nitrogens with one attached hydrogen (secondary N) is 1. The lowest BCUT2D eigenvalue weighted by Gasteiger charge is -2.46. The molecule has 7 heteroatoms. The van der Waals surface area contributed by atoms with Crippen LogP contribution in [0, 0.1) is 35.5 Å². The Labute approximate surface area is 176 Å². The highest BCUT2D eigenvalue weighted by Crippen LogP contribution is 2.46. The predicted octanol–water partition coefficient (Wildman–Crippen LogP) is 1.47. The average molecular weight is 405 g/mol. The van der Waals surface area contributed by atoms with Crippen LogP contribution in [0.2, 0.25) is 5.82 Å². The highest BCUT2D eigenvalue weighted by Gasteiger charge is 2.46. The summed E-state index contributed by atoms with van der Waals surface area (Å²) in [5, 5.41) is 23.3. The van der Waals surface area contributed by atoms with Crippen LogP contribution < -0.4 is 11.1 Å². The first-order valence-electron chi connectivity index (χ1n) is 12.1. The largest absolute Gasteiger partial charge is 0.455 e. The normalized spacial score (nSPS) is 39.1. The van der Waals surface area contributed by atoms with E-state index in [0.717, 1.165) is 70.2 Å². The number of likely N-dealkylation sites (tertiary alicyclic amines) is 1. The van der Waals surface area contributed by atoms with Gasteiger partial charge in [-0.15, -0.1) is 0 Å². The summed E-state index contributed by atoms with van der Waals surface area (Å²) in [6.45, 7) is 4.43. The fourth-order valence-corrected chi connectivity index (χ4v) is 7.10. The number of carbonyl (C=O) groups is 1. The quantitative estimate of drug-likeness (QED) is 0.531. The summed E-state index contributed by atoms with van der Waals surface area (Å²) in [7, 11) is -1.30. The van der Waals surface area contributed by atoms with Crippen molar-refractivity contribution in [3.8, 4) is 0 Å². The number of hydrogen-bond donors (Lipinski definition) is 4. The van der Waals surface area contributed by atoms with E-state index in [1.807, 2.05) is 0 Å². The van der Waals surface area contributed by atoms with Crippen molar-refractivity contribution in [2.24, 2.45) is 41.2 Å². The van der Waals surface area contributed by atoms with Crippen molar-refractivity contribution in [2.75, 3.05) is 32.7 Å². The minimum absolute atomic E-state index is 0.0456. The summed E-state index contributed by atoms with van der Waals surface area (Å²) in [4.78, 5) is 15.4. The van der Waals surface area contributed by atoms with Gasteiger partial charge in [-0.1, -0.05) is 12.8 Å². The van der Waals surface area contributed by atoms with Crippen molar-refractivity contribution in [3.63, 3.8) is 0 Å². The molecule has 6 atom stereocenters. The predicted molar refractivity (Wildman–Crippen MR) is 115 cm³/mol. The van der Waals surface area contributed by atoms with Crippen molar-refractivity contribution in [3.05, 3.63) is 0 Å². The second-order valence-corrected chi connectivity index (χ2v) is 10.4. The SMILES string of the molecule is NCC1CCCC(C2CCN(C(=O)C3CC4CNCCC4C(B(O)O)C3)CC2)C1. The number of nitrogens with zero attached hydrogens (tertiary/aromatic N) is 1. The Kier molecular flexibility index (Phi) is 7.20. The summed E-state index contributed by atoms with van der Waals surface area (Å²) in [6.07, 6.45) is 10.0. The molecule has 1 amide bonds. The smallest absolute Gasteiger partial charge is 0.427 e. The summed E-state index contributed by atoms with van der Waals surface area (Å²) < 4.78 is 0. The van der Waals surface area contributed by atoms with Crippen molar-refractivity contribution in [2.45, 2.75) is 63.6 Å². The molecule has 2 saturated carbocycles. The van der Waals surface area contributed by atoms with Crippen LogP contribution in [-0.4, -0.2) is 60.7 Å². The zero-order valence-electron chi connectivity index (χ0n) is 17.8. The van der Waals surface area contributed by atoms with Crippen LogP contribution in [-0.2, 0) is 4.79 Å². The maximum Gasteiger partial charge on any atom is 0.455 e. The van der Waals surface area contributed by atoms with Crippen LogP contribution in [0.5, 0.6) is 0 Å². The van der Waals surface area contributed by atoms with E-state index in [1.165, 1.54) is 25.7 Å². The van der Waals surface area contributed by atoms with Crippen LogP contribution in [0.15, 0.2) is 0 Å². The van der Waals surface area contributed by atoms with E-state index in [-0.39, 0.29) is 17.6 Å². The molecule has 4 fully saturated rings. The van der Waals surface area contributed by atoms with E-state index in [4.69, 9.17) is 5.73 Å². The first-order chi connectivity index (χ1) is 14.1. The first kappa shape index (κ1) is 21.6. The lowest BCUT2D eigenvalue weighted by Crippen LogP contribution is -2.50. The maximum absolute atomic E-state index is 13.3. The summed E-state index contributed by atoms with van der Waals surface area (Å²) in [6, 6.07) is 0. The first-order valence-corrected chi connectivity index (χ1v) is 12.1. The van der Waals surface area contributed by atoms with Crippen molar-refractivity contribution >= 4 is 13.0 Å². The van der Waals surface area contributed by atoms with Gasteiger partial charge in [-0.05, 0) is 100.0 Å². The number of hydrogen-bond acceptors (Lipinski definition) is 5. The molecule has 5 N–H and O–H groups in total. The molecule has 4 aliphatic rings. The van der Waals surface area contributed by atoms with Gasteiger partial charge < -0.3 is 26.0 Å². The van der Waals surface area contributed by atoms with Gasteiger partial charge in [-0.3, -0.25) is 4.79 Å². The zero-order valence-corrected chi connectivity index (χ0v) is 17.8. The number of carbonyl (C=O) groups excluding carboxylic acids is 1. The van der Waals surface area contributed by atoms with E-state index >= 15 is 0 Å². The minimum Gasteiger partial charge on any atom is -0.427 e. The van der Waals surface area contributed by atoms with Gasteiger partial charge in [-0.25, -0.2) is 0 Å². The molecule has 0 radical (unpaired) electrons. The maximum atomic E-state index is 13.3. The van der Waals surface area contributed by atoms with Crippen LogP contribution >= 0.6 is 0 Å². The van der Waals surface area contributed by atoms with Crippen molar-refractivity contribution in [1.29, 1.82) is 0 Å². The standard InChI is InChI=1S/C22H40BN3O3/c24-13-15-2-1-3-17(10-15)16-5-8-26(9-6-16)22(27)18-11-19-14-25-7-4-20(19)21(12-18)23(28)29/h15-21,25,28-29H,1-14,24H2. The second-order valence-electron chi connectivity index (χ2n) is 10.4. The number of fused-ring (bicyclic) bond motifs is 1. The highest BCUT2D eigenvalue weighted by atomic mass is 16.4. The molecule has 6 nitrogen and oxygen atoms in total. The van der Waals surface area contributed by atoms with Crippen LogP contribution in [0.25, 0.3) is 0 Å². The van der Waals surface area contributed by atoms with Gasteiger partial charge >= 0.3 is 7.12 Å². The summed E-state index contributed by atoms with van der Waals surface area (Å²) in [5.41, 5.74) is 5.93. The molecule has 4 rings (SSSR count). The Morgan fingerprint density at radius 2 is 1.79 bits per heavy atom. The third kappa shape index (κ3) is 4.84. The Morgan fingerprint density at radius 3 is 2.52 bits per heavy atom. The number of amides is 1. The molecule has 0 spiro atoms. The minimum atomic E-state index is -1.30. The highest BCUT2D eigenvalue weighted by molar-refractivity contribution is 6.43. The van der Waals surface area contributed by atoms with E-state index in [9.17, 15) is 14.8 Å². The monoisotopic (exact) mass is 405 g/mol. The molecule has 0 aromatic rings. The van der Waals surface area contributed by atoms with E-state index < -0.39 is 7.12 Å². The van der Waals surface area contributed by atoms with E-state index in [2.05, 4.69) is 10.2 Å². The lowest BCUT2D eigenvalue weighted by molar-refractivity contribution is -0.139. The molecule has 0 aromatic carbocycles.